The standard InChI is InChI=1S/C51H97NO5/c1-3-5-7-9-11-13-15-17-18-21-25-29-33-37-41-45-51(56)57-46-42-38-34-30-26-22-19-20-24-28-32-36-40-44-50(55)52-48(47-53)49(54)43-39-35-31-27-23-16-14-12-10-8-6-4-2/h17-18,39,43,48-49,53-54H,3-16,19-38,40-42,44-47H2,1-2H3,(H,52,55)/b18-17-,43-39+. The van der Waals surface area contributed by atoms with Crippen molar-refractivity contribution in [1.82, 2.24) is 5.32 Å². The molecule has 0 aromatic heterocycles. The number of nitrogens with one attached hydrogen (secondary N) is 1. The van der Waals surface area contributed by atoms with Crippen LogP contribution < -0.4 is 5.32 Å². The zero-order valence-corrected chi connectivity index (χ0v) is 38.1. The Morgan fingerprint density at radius 2 is 0.825 bits per heavy atom. The summed E-state index contributed by atoms with van der Waals surface area (Å²) in [5.41, 5.74) is 0. The van der Waals surface area contributed by atoms with Gasteiger partial charge in [0.25, 0.3) is 0 Å². The number of rotatable bonds is 46. The summed E-state index contributed by atoms with van der Waals surface area (Å²) in [7, 11) is 0. The van der Waals surface area contributed by atoms with E-state index in [-0.39, 0.29) is 18.5 Å². The fourth-order valence-corrected chi connectivity index (χ4v) is 7.57. The maximum atomic E-state index is 12.4. The fourth-order valence-electron chi connectivity index (χ4n) is 7.57. The highest BCUT2D eigenvalue weighted by Gasteiger charge is 2.18. The molecule has 0 fully saturated rings. The molecule has 3 N–H and O–H groups in total. The number of amides is 1. The molecular formula is C51H97NO5. The van der Waals surface area contributed by atoms with E-state index in [0.717, 1.165) is 57.8 Å². The van der Waals surface area contributed by atoms with Crippen LogP contribution in [0.3, 0.4) is 0 Å². The van der Waals surface area contributed by atoms with Crippen LogP contribution in [0.1, 0.15) is 264 Å². The van der Waals surface area contributed by atoms with Crippen LogP contribution in [0.15, 0.2) is 24.3 Å². The van der Waals surface area contributed by atoms with Crippen molar-refractivity contribution in [2.75, 3.05) is 13.2 Å². The number of carbonyl (C=O) groups excluding carboxylic acids is 2. The summed E-state index contributed by atoms with van der Waals surface area (Å²) in [4.78, 5) is 24.4. The molecule has 0 aromatic rings. The molecule has 0 saturated heterocycles. The molecule has 0 aliphatic heterocycles. The number of esters is 1. The first-order valence-electron chi connectivity index (χ1n) is 25.1. The van der Waals surface area contributed by atoms with Crippen LogP contribution >= 0.6 is 0 Å². The Hall–Kier alpha value is -1.66. The number of carbonyl (C=O) groups is 2. The summed E-state index contributed by atoms with van der Waals surface area (Å²) in [6.07, 6.45) is 54.5. The van der Waals surface area contributed by atoms with Crippen molar-refractivity contribution in [1.29, 1.82) is 0 Å². The normalized spacial score (nSPS) is 12.8. The highest BCUT2D eigenvalue weighted by atomic mass is 16.5. The van der Waals surface area contributed by atoms with Gasteiger partial charge in [-0.15, -0.1) is 0 Å². The Balaban J connectivity index is 3.47. The van der Waals surface area contributed by atoms with Gasteiger partial charge in [-0.2, -0.15) is 0 Å². The monoisotopic (exact) mass is 804 g/mol. The molecule has 0 radical (unpaired) electrons. The van der Waals surface area contributed by atoms with Gasteiger partial charge in [-0.3, -0.25) is 9.59 Å². The van der Waals surface area contributed by atoms with Gasteiger partial charge < -0.3 is 20.3 Å². The largest absolute Gasteiger partial charge is 0.466 e. The lowest BCUT2D eigenvalue weighted by Gasteiger charge is -2.20. The Morgan fingerprint density at radius 3 is 1.25 bits per heavy atom. The van der Waals surface area contributed by atoms with Crippen LogP contribution in [-0.4, -0.2) is 47.4 Å². The Morgan fingerprint density at radius 1 is 0.474 bits per heavy atom. The lowest BCUT2D eigenvalue weighted by Crippen LogP contribution is -2.45. The van der Waals surface area contributed by atoms with Crippen molar-refractivity contribution in [3.8, 4) is 0 Å². The third-order valence-corrected chi connectivity index (χ3v) is 11.5. The smallest absolute Gasteiger partial charge is 0.305 e. The van der Waals surface area contributed by atoms with Gasteiger partial charge in [0.2, 0.25) is 5.91 Å². The van der Waals surface area contributed by atoms with Crippen LogP contribution in [0.4, 0.5) is 0 Å². The number of aliphatic hydroxyl groups excluding tert-OH is 2. The van der Waals surface area contributed by atoms with E-state index in [1.807, 2.05) is 6.08 Å². The minimum absolute atomic E-state index is 0.0153. The number of hydrogen-bond acceptors (Lipinski definition) is 5. The molecule has 57 heavy (non-hydrogen) atoms. The van der Waals surface area contributed by atoms with Gasteiger partial charge in [-0.1, -0.05) is 218 Å². The maximum absolute atomic E-state index is 12.4. The van der Waals surface area contributed by atoms with Crippen molar-refractivity contribution < 1.29 is 24.5 Å². The Kier molecular flexibility index (Phi) is 45.7. The lowest BCUT2D eigenvalue weighted by molar-refractivity contribution is -0.143. The molecule has 2 atom stereocenters. The molecule has 6 nitrogen and oxygen atoms in total. The second-order valence-corrected chi connectivity index (χ2v) is 17.1. The van der Waals surface area contributed by atoms with Crippen LogP contribution in [-0.2, 0) is 14.3 Å². The van der Waals surface area contributed by atoms with Crippen molar-refractivity contribution in [3.05, 3.63) is 24.3 Å². The van der Waals surface area contributed by atoms with E-state index in [0.29, 0.717) is 19.4 Å². The summed E-state index contributed by atoms with van der Waals surface area (Å²) in [6, 6.07) is -0.636. The van der Waals surface area contributed by atoms with Gasteiger partial charge in [-0.05, 0) is 57.8 Å². The van der Waals surface area contributed by atoms with Gasteiger partial charge >= 0.3 is 5.97 Å². The molecule has 0 saturated carbocycles. The summed E-state index contributed by atoms with van der Waals surface area (Å²) in [5, 5.41) is 23.0. The third-order valence-electron chi connectivity index (χ3n) is 11.5. The zero-order valence-electron chi connectivity index (χ0n) is 38.1. The van der Waals surface area contributed by atoms with Gasteiger partial charge in [0, 0.05) is 12.8 Å². The van der Waals surface area contributed by atoms with Crippen LogP contribution in [0.2, 0.25) is 0 Å². The van der Waals surface area contributed by atoms with Gasteiger partial charge in [0.15, 0.2) is 0 Å². The summed E-state index contributed by atoms with van der Waals surface area (Å²) < 4.78 is 5.46. The summed E-state index contributed by atoms with van der Waals surface area (Å²) >= 11 is 0. The molecule has 0 spiro atoms. The molecule has 336 valence electrons. The summed E-state index contributed by atoms with van der Waals surface area (Å²) in [5.74, 6) is -0.0975. The first kappa shape index (κ1) is 55.3. The summed E-state index contributed by atoms with van der Waals surface area (Å²) in [6.45, 7) is 4.85. The second-order valence-electron chi connectivity index (χ2n) is 17.1. The Bertz CT molecular complexity index is 889. The molecule has 1 amide bonds. The molecule has 0 aromatic carbocycles. The lowest BCUT2D eigenvalue weighted by atomic mass is 10.0. The van der Waals surface area contributed by atoms with E-state index in [9.17, 15) is 19.8 Å². The molecule has 0 aliphatic rings. The SMILES string of the molecule is CCCCCCCC/C=C\CCCCCCCC(=O)OCCCCCCCCCCCCCCCC(=O)NC(CO)C(O)/C=C/CCCCCCCCCCCC. The van der Waals surface area contributed by atoms with E-state index in [1.54, 1.807) is 6.08 Å². The van der Waals surface area contributed by atoms with Crippen molar-refractivity contribution in [2.24, 2.45) is 0 Å². The quantitative estimate of drug-likeness (QED) is 0.0324. The average molecular weight is 804 g/mol. The van der Waals surface area contributed by atoms with Crippen LogP contribution in [0, 0.1) is 0 Å². The molecular weight excluding hydrogens is 707 g/mol. The predicted octanol–water partition coefficient (Wildman–Crippen LogP) is 14.7. The van der Waals surface area contributed by atoms with E-state index in [1.165, 1.54) is 180 Å². The van der Waals surface area contributed by atoms with E-state index >= 15 is 0 Å². The van der Waals surface area contributed by atoms with Gasteiger partial charge in [0.05, 0.1) is 25.4 Å². The van der Waals surface area contributed by atoms with E-state index < -0.39 is 12.1 Å². The fraction of sp³-hybridized carbons (Fsp3) is 0.882. The molecule has 0 bridgehead atoms. The van der Waals surface area contributed by atoms with Crippen molar-refractivity contribution >= 4 is 11.9 Å². The molecule has 6 heteroatoms. The molecule has 0 aliphatic carbocycles. The molecule has 0 rings (SSSR count). The zero-order chi connectivity index (χ0) is 41.5. The van der Waals surface area contributed by atoms with Gasteiger partial charge in [0.1, 0.15) is 0 Å². The topological polar surface area (TPSA) is 95.9 Å². The third kappa shape index (κ3) is 43.7. The minimum Gasteiger partial charge on any atom is -0.466 e. The first-order valence-corrected chi connectivity index (χ1v) is 25.1. The maximum Gasteiger partial charge on any atom is 0.305 e. The minimum atomic E-state index is -0.851. The first-order chi connectivity index (χ1) is 28.0. The predicted molar refractivity (Wildman–Crippen MR) is 246 cm³/mol. The molecule has 2 unspecified atom stereocenters. The number of aliphatic hydroxyl groups is 2. The van der Waals surface area contributed by atoms with Crippen LogP contribution in [0.5, 0.6) is 0 Å². The highest BCUT2D eigenvalue weighted by Crippen LogP contribution is 2.15. The van der Waals surface area contributed by atoms with E-state index in [4.69, 9.17) is 4.74 Å². The highest BCUT2D eigenvalue weighted by molar-refractivity contribution is 5.76. The van der Waals surface area contributed by atoms with Crippen LogP contribution in [0.25, 0.3) is 0 Å². The second kappa shape index (κ2) is 47.0. The molecule has 0 heterocycles. The van der Waals surface area contributed by atoms with Crippen molar-refractivity contribution in [2.45, 2.75) is 276 Å². The number of ether oxygens (including phenoxy) is 1. The number of allylic oxidation sites excluding steroid dienone is 3. The van der Waals surface area contributed by atoms with Gasteiger partial charge in [-0.25, -0.2) is 0 Å². The van der Waals surface area contributed by atoms with Crippen molar-refractivity contribution in [3.63, 3.8) is 0 Å². The number of hydrogen-bond donors (Lipinski definition) is 3. The number of unbranched alkanes of at least 4 members (excludes halogenated alkanes) is 33. The average Bonchev–Trinajstić information content (AvgIpc) is 3.21. The van der Waals surface area contributed by atoms with E-state index in [2.05, 4.69) is 31.3 Å². The Labute approximate surface area is 354 Å².